The summed E-state index contributed by atoms with van der Waals surface area (Å²) in [4.78, 5) is 36.3. The number of carbonyl (C=O) groups is 1. The van der Waals surface area contributed by atoms with Crippen LogP contribution in [0.25, 0.3) is 17.0 Å². The first-order valence-corrected chi connectivity index (χ1v) is 13.2. The third kappa shape index (κ3) is 5.58. The number of halogens is 2. The average molecular weight is 561 g/mol. The molecular formula is C26H34F2N8O4. The van der Waals surface area contributed by atoms with Crippen molar-refractivity contribution in [1.29, 1.82) is 0 Å². The molecule has 40 heavy (non-hydrogen) atoms. The van der Waals surface area contributed by atoms with E-state index in [4.69, 9.17) is 19.2 Å². The maximum atomic E-state index is 14.3. The summed E-state index contributed by atoms with van der Waals surface area (Å²) in [6, 6.07) is 4.93. The fourth-order valence-electron chi connectivity index (χ4n) is 4.83. The van der Waals surface area contributed by atoms with Crippen LogP contribution >= 0.6 is 0 Å². The van der Waals surface area contributed by atoms with E-state index in [1.165, 1.54) is 11.7 Å². The van der Waals surface area contributed by atoms with Crippen LogP contribution < -0.4 is 14.5 Å². The van der Waals surface area contributed by atoms with Crippen molar-refractivity contribution in [3.63, 3.8) is 0 Å². The van der Waals surface area contributed by atoms with Gasteiger partial charge >= 0.3 is 6.09 Å². The zero-order chi connectivity index (χ0) is 28.6. The first-order valence-electron chi connectivity index (χ1n) is 13.2. The molecule has 1 atom stereocenters. The normalized spacial score (nSPS) is 18.1. The number of likely N-dealkylation sites (N-methyl/N-ethyl adjacent to an activating group) is 1. The maximum Gasteiger partial charge on any atom is 0.410 e. The number of anilines is 2. The topological polar surface area (TPSA) is 111 Å². The van der Waals surface area contributed by atoms with E-state index in [2.05, 4.69) is 15.0 Å². The van der Waals surface area contributed by atoms with Gasteiger partial charge in [-0.15, -0.1) is 0 Å². The number of rotatable bonds is 6. The van der Waals surface area contributed by atoms with Crippen molar-refractivity contribution in [2.45, 2.75) is 45.3 Å². The summed E-state index contributed by atoms with van der Waals surface area (Å²) in [5.74, 6) is 0.538. The molecule has 4 heterocycles. The van der Waals surface area contributed by atoms with Crippen LogP contribution in [0.15, 0.2) is 18.2 Å². The van der Waals surface area contributed by atoms with E-state index in [9.17, 15) is 13.6 Å². The quantitative estimate of drug-likeness (QED) is 0.445. The van der Waals surface area contributed by atoms with Crippen LogP contribution in [0.5, 0.6) is 5.75 Å². The number of likely N-dealkylation sites (tertiary alicyclic amines) is 1. The van der Waals surface area contributed by atoms with E-state index < -0.39 is 17.9 Å². The monoisotopic (exact) mass is 560 g/mol. The van der Waals surface area contributed by atoms with Gasteiger partial charge in [0.2, 0.25) is 17.8 Å². The molecule has 216 valence electrons. The lowest BCUT2D eigenvalue weighted by molar-refractivity contribution is 0.0292. The average Bonchev–Trinajstić information content (AvgIpc) is 3.58. The van der Waals surface area contributed by atoms with Gasteiger partial charge in [0.05, 0.1) is 31.9 Å². The highest BCUT2D eigenvalue weighted by Crippen LogP contribution is 2.33. The van der Waals surface area contributed by atoms with E-state index in [0.717, 1.165) is 0 Å². The largest absolute Gasteiger partial charge is 0.494 e. The molecule has 1 aromatic carbocycles. The van der Waals surface area contributed by atoms with E-state index in [1.54, 1.807) is 23.1 Å². The van der Waals surface area contributed by atoms with Gasteiger partial charge in [-0.05, 0) is 39.3 Å². The predicted molar refractivity (Wildman–Crippen MR) is 144 cm³/mol. The number of carbonyl (C=O) groups excluding carboxylic acids is 1. The van der Waals surface area contributed by atoms with Crippen molar-refractivity contribution in [1.82, 2.24) is 29.4 Å². The Morgan fingerprint density at radius 2 is 1.82 bits per heavy atom. The third-order valence-electron chi connectivity index (χ3n) is 6.86. The van der Waals surface area contributed by atoms with Crippen molar-refractivity contribution in [2.75, 3.05) is 63.4 Å². The molecule has 14 heteroatoms. The zero-order valence-corrected chi connectivity index (χ0v) is 23.3. The molecule has 0 aliphatic carbocycles. The number of aromatic nitrogens is 5. The SMILES string of the molecule is COc1cccc2c1nc(C(F)F)n2-c1nc(N2CCOCC2)nc(N(C)[C@@H]2CCN(C(=O)OC(C)(C)C)C2)n1. The van der Waals surface area contributed by atoms with E-state index in [1.807, 2.05) is 37.6 Å². The lowest BCUT2D eigenvalue weighted by atomic mass is 10.2. The first-order chi connectivity index (χ1) is 19.1. The lowest BCUT2D eigenvalue weighted by Crippen LogP contribution is -2.40. The predicted octanol–water partition coefficient (Wildman–Crippen LogP) is 3.44. The van der Waals surface area contributed by atoms with Gasteiger partial charge in [0.25, 0.3) is 6.43 Å². The minimum Gasteiger partial charge on any atom is -0.494 e. The van der Waals surface area contributed by atoms with Gasteiger partial charge in [-0.1, -0.05) is 6.07 Å². The van der Waals surface area contributed by atoms with Gasteiger partial charge in [-0.3, -0.25) is 4.57 Å². The number of alkyl halides is 2. The Morgan fingerprint density at radius 3 is 2.50 bits per heavy atom. The van der Waals surface area contributed by atoms with Crippen molar-refractivity contribution >= 4 is 29.0 Å². The number of nitrogens with zero attached hydrogens (tertiary/aromatic N) is 8. The molecule has 0 bridgehead atoms. The number of hydrogen-bond acceptors (Lipinski definition) is 10. The molecule has 2 fully saturated rings. The Morgan fingerprint density at radius 1 is 1.10 bits per heavy atom. The van der Waals surface area contributed by atoms with Gasteiger partial charge in [-0.2, -0.15) is 15.0 Å². The molecule has 5 rings (SSSR count). The van der Waals surface area contributed by atoms with Gasteiger partial charge in [-0.25, -0.2) is 18.6 Å². The molecule has 0 radical (unpaired) electrons. The summed E-state index contributed by atoms with van der Waals surface area (Å²) in [6.07, 6.45) is -2.61. The number of methoxy groups -OCH3 is 1. The zero-order valence-electron chi connectivity index (χ0n) is 23.3. The molecule has 0 unspecified atom stereocenters. The number of hydrogen-bond donors (Lipinski definition) is 0. The standard InChI is InChI=1S/C26H34F2N8O4/c1-26(2,3)40-25(37)35-10-9-16(15-35)33(4)22-30-23(34-11-13-39-14-12-34)32-24(31-22)36-17-7-6-8-18(38-5)19(17)29-21(36)20(27)28/h6-8,16,20H,9-15H2,1-5H3/t16-/m1/s1. The Bertz CT molecular complexity index is 1370. The van der Waals surface area contributed by atoms with Crippen molar-refractivity contribution < 1.29 is 27.8 Å². The molecule has 2 aliphatic heterocycles. The van der Waals surface area contributed by atoms with Crippen molar-refractivity contribution in [2.24, 2.45) is 0 Å². The second-order valence-corrected chi connectivity index (χ2v) is 10.7. The lowest BCUT2D eigenvalue weighted by Gasteiger charge is -2.29. The Labute approximate surface area is 230 Å². The number of imidazole rings is 1. The molecule has 2 aliphatic rings. The first kappa shape index (κ1) is 27.7. The molecule has 0 N–H and O–H groups in total. The Balaban J connectivity index is 1.55. The molecule has 12 nitrogen and oxygen atoms in total. The van der Waals surface area contributed by atoms with Crippen molar-refractivity contribution in [3.05, 3.63) is 24.0 Å². The van der Waals surface area contributed by atoms with E-state index >= 15 is 0 Å². The second-order valence-electron chi connectivity index (χ2n) is 10.7. The van der Waals surface area contributed by atoms with Gasteiger partial charge in [0.1, 0.15) is 16.9 Å². The Hall–Kier alpha value is -3.81. The minimum absolute atomic E-state index is 0.0198. The van der Waals surface area contributed by atoms with E-state index in [0.29, 0.717) is 69.0 Å². The smallest absolute Gasteiger partial charge is 0.410 e. The van der Waals surface area contributed by atoms with Crippen LogP contribution in [0.3, 0.4) is 0 Å². The highest BCUT2D eigenvalue weighted by atomic mass is 19.3. The maximum absolute atomic E-state index is 14.3. The molecule has 2 saturated heterocycles. The van der Waals surface area contributed by atoms with Crippen LogP contribution in [0.4, 0.5) is 25.5 Å². The van der Waals surface area contributed by atoms with E-state index in [-0.39, 0.29) is 23.6 Å². The molecule has 1 amide bonds. The fourth-order valence-corrected chi connectivity index (χ4v) is 4.83. The summed E-state index contributed by atoms with van der Waals surface area (Å²) < 4.78 is 46.3. The van der Waals surface area contributed by atoms with Crippen LogP contribution in [0, 0.1) is 0 Å². The Kier molecular flexibility index (Phi) is 7.62. The van der Waals surface area contributed by atoms with Gasteiger partial charge in [0, 0.05) is 33.2 Å². The molecular weight excluding hydrogens is 526 g/mol. The third-order valence-corrected chi connectivity index (χ3v) is 6.86. The summed E-state index contributed by atoms with van der Waals surface area (Å²) in [5, 5.41) is 0. The van der Waals surface area contributed by atoms with Crippen LogP contribution in [-0.4, -0.2) is 101 Å². The summed E-state index contributed by atoms with van der Waals surface area (Å²) >= 11 is 0. The van der Waals surface area contributed by atoms with Gasteiger partial charge in [0.15, 0.2) is 5.82 Å². The fraction of sp³-hybridized carbons (Fsp3) is 0.577. The molecule has 0 spiro atoms. The number of morpholine rings is 1. The summed E-state index contributed by atoms with van der Waals surface area (Å²) in [6.45, 7) is 8.48. The van der Waals surface area contributed by atoms with Gasteiger partial charge < -0.3 is 28.9 Å². The highest BCUT2D eigenvalue weighted by molar-refractivity contribution is 5.84. The van der Waals surface area contributed by atoms with Crippen LogP contribution in [0.2, 0.25) is 0 Å². The highest BCUT2D eigenvalue weighted by Gasteiger charge is 2.34. The second kappa shape index (κ2) is 11.0. The van der Waals surface area contributed by atoms with Crippen LogP contribution in [0.1, 0.15) is 39.4 Å². The number of amides is 1. The van der Waals surface area contributed by atoms with Crippen LogP contribution in [-0.2, 0) is 9.47 Å². The number of fused-ring (bicyclic) bond motifs is 1. The molecule has 3 aromatic rings. The summed E-state index contributed by atoms with van der Waals surface area (Å²) in [7, 11) is 3.29. The summed E-state index contributed by atoms with van der Waals surface area (Å²) in [5.41, 5.74) is 0.0716. The number of para-hydroxylation sites is 1. The minimum atomic E-state index is -2.89. The molecule has 0 saturated carbocycles. The molecule has 2 aromatic heterocycles. The van der Waals surface area contributed by atoms with Crippen molar-refractivity contribution in [3.8, 4) is 11.7 Å². The number of benzene rings is 1. The number of ether oxygens (including phenoxy) is 3.